The van der Waals surface area contributed by atoms with Crippen LogP contribution in [0.2, 0.25) is 0 Å². The highest BCUT2D eigenvalue weighted by Crippen LogP contribution is 2.26. The summed E-state index contributed by atoms with van der Waals surface area (Å²) < 4.78 is 13.9. The predicted octanol–water partition coefficient (Wildman–Crippen LogP) is 2.22. The van der Waals surface area contributed by atoms with Gasteiger partial charge in [-0.15, -0.1) is 0 Å². The molecule has 1 N–H and O–H groups in total. The van der Waals surface area contributed by atoms with Crippen LogP contribution in [0.4, 0.5) is 10.2 Å². The van der Waals surface area contributed by atoms with E-state index in [1.54, 1.807) is 0 Å². The van der Waals surface area contributed by atoms with Crippen LogP contribution >= 0.6 is 0 Å². The SMILES string of the molecule is Cc1n[nH]c(C)c1-c1ncc(F)c(N2CCCC2)n1. The van der Waals surface area contributed by atoms with Crippen molar-refractivity contribution in [3.63, 3.8) is 0 Å². The predicted molar refractivity (Wildman–Crippen MR) is 70.5 cm³/mol. The van der Waals surface area contributed by atoms with Gasteiger partial charge in [0.2, 0.25) is 0 Å². The molecule has 6 heteroatoms. The molecule has 1 saturated heterocycles. The third kappa shape index (κ3) is 2.07. The molecule has 100 valence electrons. The van der Waals surface area contributed by atoms with E-state index in [0.717, 1.165) is 42.9 Å². The Hall–Kier alpha value is -1.98. The lowest BCUT2D eigenvalue weighted by Gasteiger charge is -2.17. The Labute approximate surface area is 110 Å². The van der Waals surface area contributed by atoms with Crippen LogP contribution in [0.15, 0.2) is 6.20 Å². The average molecular weight is 261 g/mol. The van der Waals surface area contributed by atoms with Gasteiger partial charge in [-0.25, -0.2) is 14.4 Å². The van der Waals surface area contributed by atoms with Gasteiger partial charge in [0.1, 0.15) is 0 Å². The Morgan fingerprint density at radius 2 is 2.00 bits per heavy atom. The fraction of sp³-hybridized carbons (Fsp3) is 0.462. The maximum Gasteiger partial charge on any atom is 0.183 e. The van der Waals surface area contributed by atoms with E-state index in [2.05, 4.69) is 20.2 Å². The Morgan fingerprint density at radius 3 is 2.63 bits per heavy atom. The van der Waals surface area contributed by atoms with Gasteiger partial charge in [0, 0.05) is 18.8 Å². The van der Waals surface area contributed by atoms with E-state index in [-0.39, 0.29) is 5.82 Å². The van der Waals surface area contributed by atoms with Gasteiger partial charge in [0.05, 0.1) is 17.5 Å². The van der Waals surface area contributed by atoms with Crippen LogP contribution in [-0.2, 0) is 0 Å². The Balaban J connectivity index is 2.06. The molecule has 2 aromatic heterocycles. The second-order valence-electron chi connectivity index (χ2n) is 4.87. The minimum atomic E-state index is -0.357. The molecule has 1 aliphatic heterocycles. The number of nitrogens with one attached hydrogen (secondary N) is 1. The molecule has 1 fully saturated rings. The minimum Gasteiger partial charge on any atom is -0.354 e. The van der Waals surface area contributed by atoms with Crippen LogP contribution in [0.5, 0.6) is 0 Å². The molecule has 0 saturated carbocycles. The molecule has 0 atom stereocenters. The summed E-state index contributed by atoms with van der Waals surface area (Å²) >= 11 is 0. The molecule has 19 heavy (non-hydrogen) atoms. The van der Waals surface area contributed by atoms with Gasteiger partial charge in [0.15, 0.2) is 17.5 Å². The van der Waals surface area contributed by atoms with Crippen molar-refractivity contribution in [2.24, 2.45) is 0 Å². The lowest BCUT2D eigenvalue weighted by molar-refractivity contribution is 0.609. The van der Waals surface area contributed by atoms with Crippen LogP contribution in [0.3, 0.4) is 0 Å². The first-order chi connectivity index (χ1) is 9.16. The molecule has 2 aromatic rings. The van der Waals surface area contributed by atoms with Crippen molar-refractivity contribution >= 4 is 5.82 Å². The largest absolute Gasteiger partial charge is 0.354 e. The summed E-state index contributed by atoms with van der Waals surface area (Å²) in [7, 11) is 0. The highest BCUT2D eigenvalue weighted by Gasteiger charge is 2.20. The summed E-state index contributed by atoms with van der Waals surface area (Å²) in [6, 6.07) is 0. The maximum absolute atomic E-state index is 13.9. The van der Waals surface area contributed by atoms with Crippen molar-refractivity contribution in [2.75, 3.05) is 18.0 Å². The van der Waals surface area contributed by atoms with Crippen LogP contribution in [0, 0.1) is 19.7 Å². The van der Waals surface area contributed by atoms with Gasteiger partial charge in [-0.1, -0.05) is 0 Å². The molecule has 5 nitrogen and oxygen atoms in total. The molecular formula is C13H16FN5. The first-order valence-corrected chi connectivity index (χ1v) is 6.46. The van der Waals surface area contributed by atoms with Crippen molar-refractivity contribution in [1.29, 1.82) is 0 Å². The van der Waals surface area contributed by atoms with Crippen molar-refractivity contribution in [3.05, 3.63) is 23.4 Å². The minimum absolute atomic E-state index is 0.357. The highest BCUT2D eigenvalue weighted by molar-refractivity contribution is 5.62. The van der Waals surface area contributed by atoms with Gasteiger partial charge in [-0.2, -0.15) is 5.10 Å². The molecule has 1 aliphatic rings. The number of hydrogen-bond donors (Lipinski definition) is 1. The first kappa shape index (κ1) is 12.1. The topological polar surface area (TPSA) is 57.7 Å². The maximum atomic E-state index is 13.9. The summed E-state index contributed by atoms with van der Waals surface area (Å²) in [6.07, 6.45) is 3.42. The number of rotatable bonds is 2. The standard InChI is InChI=1S/C13H16FN5/c1-8-11(9(2)18-17-8)12-15-7-10(14)13(16-12)19-5-3-4-6-19/h7H,3-6H2,1-2H3,(H,17,18). The van der Waals surface area contributed by atoms with E-state index in [9.17, 15) is 4.39 Å². The van der Waals surface area contributed by atoms with E-state index in [4.69, 9.17) is 0 Å². The molecule has 0 radical (unpaired) electrons. The fourth-order valence-electron chi connectivity index (χ4n) is 2.51. The van der Waals surface area contributed by atoms with Gasteiger partial charge in [-0.3, -0.25) is 5.10 Å². The summed E-state index contributed by atoms with van der Waals surface area (Å²) in [4.78, 5) is 10.5. The van der Waals surface area contributed by atoms with E-state index in [0.29, 0.717) is 11.6 Å². The zero-order valence-corrected chi connectivity index (χ0v) is 11.1. The molecule has 3 rings (SSSR count). The third-order valence-corrected chi connectivity index (χ3v) is 3.48. The number of nitrogens with zero attached hydrogens (tertiary/aromatic N) is 4. The number of aryl methyl sites for hydroxylation is 2. The van der Waals surface area contributed by atoms with E-state index < -0.39 is 0 Å². The number of halogens is 1. The number of aromatic nitrogens is 4. The summed E-state index contributed by atoms with van der Waals surface area (Å²) in [5.74, 6) is 0.582. The van der Waals surface area contributed by atoms with Gasteiger partial charge >= 0.3 is 0 Å². The van der Waals surface area contributed by atoms with E-state index >= 15 is 0 Å². The second-order valence-corrected chi connectivity index (χ2v) is 4.87. The summed E-state index contributed by atoms with van der Waals surface area (Å²) in [6.45, 7) is 5.52. The zero-order valence-electron chi connectivity index (χ0n) is 11.1. The molecule has 0 aliphatic carbocycles. The molecule has 0 unspecified atom stereocenters. The molecular weight excluding hydrogens is 245 g/mol. The molecule has 0 spiro atoms. The smallest absolute Gasteiger partial charge is 0.183 e. The fourth-order valence-corrected chi connectivity index (χ4v) is 2.51. The van der Waals surface area contributed by atoms with E-state index in [1.807, 2.05) is 18.7 Å². The second kappa shape index (κ2) is 4.60. The van der Waals surface area contributed by atoms with Crippen LogP contribution in [0.25, 0.3) is 11.4 Å². The zero-order chi connectivity index (χ0) is 13.4. The van der Waals surface area contributed by atoms with Crippen LogP contribution in [-0.4, -0.2) is 33.3 Å². The molecule has 0 amide bonds. The van der Waals surface area contributed by atoms with Crippen molar-refractivity contribution in [1.82, 2.24) is 20.2 Å². The van der Waals surface area contributed by atoms with Crippen LogP contribution in [0.1, 0.15) is 24.2 Å². The number of H-pyrrole nitrogens is 1. The lowest BCUT2D eigenvalue weighted by atomic mass is 10.2. The highest BCUT2D eigenvalue weighted by atomic mass is 19.1. The third-order valence-electron chi connectivity index (χ3n) is 3.48. The summed E-state index contributed by atoms with van der Waals surface area (Å²) in [5, 5.41) is 7.03. The number of aromatic amines is 1. The Kier molecular flexibility index (Phi) is 2.93. The van der Waals surface area contributed by atoms with Crippen LogP contribution < -0.4 is 4.90 Å². The molecule has 0 bridgehead atoms. The van der Waals surface area contributed by atoms with Gasteiger partial charge < -0.3 is 4.90 Å². The van der Waals surface area contributed by atoms with Crippen molar-refractivity contribution in [2.45, 2.75) is 26.7 Å². The van der Waals surface area contributed by atoms with Gasteiger partial charge in [-0.05, 0) is 26.7 Å². The van der Waals surface area contributed by atoms with Gasteiger partial charge in [0.25, 0.3) is 0 Å². The summed E-state index contributed by atoms with van der Waals surface area (Å²) in [5.41, 5.74) is 2.59. The first-order valence-electron chi connectivity index (χ1n) is 6.46. The normalized spacial score (nSPS) is 15.2. The molecule has 3 heterocycles. The Bertz CT molecular complexity index is 582. The van der Waals surface area contributed by atoms with E-state index in [1.165, 1.54) is 6.20 Å². The monoisotopic (exact) mass is 261 g/mol. The molecule has 0 aromatic carbocycles. The average Bonchev–Trinajstić information content (AvgIpc) is 3.02. The number of anilines is 1. The Morgan fingerprint density at radius 1 is 1.26 bits per heavy atom. The quantitative estimate of drug-likeness (QED) is 0.900. The van der Waals surface area contributed by atoms with Crippen molar-refractivity contribution < 1.29 is 4.39 Å². The lowest BCUT2D eigenvalue weighted by Crippen LogP contribution is -2.21. The number of hydrogen-bond acceptors (Lipinski definition) is 4. The van der Waals surface area contributed by atoms with Crippen molar-refractivity contribution in [3.8, 4) is 11.4 Å².